The second-order valence-corrected chi connectivity index (χ2v) is 5.10. The minimum Gasteiger partial charge on any atom is -0.367 e. The lowest BCUT2D eigenvalue weighted by atomic mass is 10.1. The zero-order valence-corrected chi connectivity index (χ0v) is 12.1. The molecule has 0 aliphatic carbocycles. The highest BCUT2D eigenvalue weighted by atomic mass is 79.9. The van der Waals surface area contributed by atoms with Crippen molar-refractivity contribution in [2.24, 2.45) is 0 Å². The summed E-state index contributed by atoms with van der Waals surface area (Å²) in [6, 6.07) is 12.0. The van der Waals surface area contributed by atoms with Crippen LogP contribution in [-0.2, 0) is 6.42 Å². The maximum atomic E-state index is 8.79. The molecule has 2 rings (SSSR count). The van der Waals surface area contributed by atoms with Crippen LogP contribution in [0.15, 0.2) is 41.1 Å². The highest BCUT2D eigenvalue weighted by molar-refractivity contribution is 9.10. The number of nitriles is 1. The Morgan fingerprint density at radius 3 is 2.89 bits per heavy atom. The molecule has 4 nitrogen and oxygen atoms in total. The number of benzene rings is 1. The van der Waals surface area contributed by atoms with Crippen LogP contribution in [0.25, 0.3) is 0 Å². The van der Waals surface area contributed by atoms with Gasteiger partial charge in [-0.3, -0.25) is 0 Å². The molecule has 0 amide bonds. The van der Waals surface area contributed by atoms with Gasteiger partial charge in [0.25, 0.3) is 0 Å². The third-order valence-corrected chi connectivity index (χ3v) is 3.43. The Balaban J connectivity index is 2.03. The second-order valence-electron chi connectivity index (χ2n) is 4.24. The molecule has 2 aromatic rings. The molecule has 1 atom stereocenters. The summed E-state index contributed by atoms with van der Waals surface area (Å²) in [4.78, 5) is 7.95. The predicted octanol–water partition coefficient (Wildman–Crippen LogP) is 3.15. The van der Waals surface area contributed by atoms with Gasteiger partial charge in [0.05, 0.1) is 0 Å². The van der Waals surface area contributed by atoms with Crippen LogP contribution >= 0.6 is 15.9 Å². The maximum Gasteiger partial charge on any atom is 0.145 e. The quantitative estimate of drug-likeness (QED) is 0.941. The number of aromatic nitrogens is 2. The van der Waals surface area contributed by atoms with E-state index < -0.39 is 0 Å². The van der Waals surface area contributed by atoms with E-state index in [2.05, 4.69) is 44.2 Å². The van der Waals surface area contributed by atoms with E-state index in [9.17, 15) is 0 Å². The summed E-state index contributed by atoms with van der Waals surface area (Å²) in [5.41, 5.74) is 1.60. The van der Waals surface area contributed by atoms with Crippen LogP contribution < -0.4 is 5.32 Å². The summed E-state index contributed by atoms with van der Waals surface area (Å²) < 4.78 is 1.10. The van der Waals surface area contributed by atoms with Gasteiger partial charge in [0, 0.05) is 16.6 Å². The van der Waals surface area contributed by atoms with E-state index >= 15 is 0 Å². The van der Waals surface area contributed by atoms with E-state index in [1.165, 1.54) is 11.9 Å². The Kier molecular flexibility index (Phi) is 4.48. The molecule has 0 saturated carbocycles. The molecule has 0 aliphatic heterocycles. The molecular weight excluding hydrogens is 304 g/mol. The molecule has 1 N–H and O–H groups in total. The van der Waals surface area contributed by atoms with Crippen LogP contribution in [0.1, 0.15) is 18.2 Å². The van der Waals surface area contributed by atoms with Crippen molar-refractivity contribution in [3.8, 4) is 6.07 Å². The highest BCUT2D eigenvalue weighted by Crippen LogP contribution is 2.18. The van der Waals surface area contributed by atoms with Crippen molar-refractivity contribution >= 4 is 21.7 Å². The van der Waals surface area contributed by atoms with Gasteiger partial charge in [-0.2, -0.15) is 5.26 Å². The van der Waals surface area contributed by atoms with Gasteiger partial charge in [0.15, 0.2) is 0 Å². The second kappa shape index (κ2) is 6.30. The SMILES string of the molecule is CC(Cc1ccccc1Br)Nc1cc(C#N)ncn1. The number of rotatable bonds is 4. The molecule has 0 fully saturated rings. The van der Waals surface area contributed by atoms with Crippen molar-refractivity contribution in [1.29, 1.82) is 5.26 Å². The first-order valence-electron chi connectivity index (χ1n) is 5.91. The van der Waals surface area contributed by atoms with E-state index in [-0.39, 0.29) is 6.04 Å². The summed E-state index contributed by atoms with van der Waals surface area (Å²) in [7, 11) is 0. The number of halogens is 1. The average molecular weight is 317 g/mol. The summed E-state index contributed by atoms with van der Waals surface area (Å²) >= 11 is 3.54. The summed E-state index contributed by atoms with van der Waals surface area (Å²) in [5, 5.41) is 12.1. The number of hydrogen-bond donors (Lipinski definition) is 1. The Morgan fingerprint density at radius 1 is 1.37 bits per heavy atom. The van der Waals surface area contributed by atoms with Gasteiger partial charge < -0.3 is 5.32 Å². The average Bonchev–Trinajstić information content (AvgIpc) is 2.41. The van der Waals surface area contributed by atoms with Crippen LogP contribution in [0.5, 0.6) is 0 Å². The molecule has 96 valence electrons. The number of nitrogens with one attached hydrogen (secondary N) is 1. The number of hydrogen-bond acceptors (Lipinski definition) is 4. The minimum absolute atomic E-state index is 0.208. The Morgan fingerprint density at radius 2 is 2.16 bits per heavy atom. The molecule has 1 aromatic carbocycles. The van der Waals surface area contributed by atoms with Crippen LogP contribution in [0.4, 0.5) is 5.82 Å². The summed E-state index contributed by atoms with van der Waals surface area (Å²) in [6.45, 7) is 2.08. The van der Waals surface area contributed by atoms with Crippen LogP contribution in [0.2, 0.25) is 0 Å². The van der Waals surface area contributed by atoms with Crippen LogP contribution in [0.3, 0.4) is 0 Å². The lowest BCUT2D eigenvalue weighted by Gasteiger charge is -2.15. The number of anilines is 1. The molecular formula is C14H13BrN4. The Labute approximate surface area is 120 Å². The fourth-order valence-electron chi connectivity index (χ4n) is 1.79. The molecule has 19 heavy (non-hydrogen) atoms. The summed E-state index contributed by atoms with van der Waals surface area (Å²) in [6.07, 6.45) is 2.26. The van der Waals surface area contributed by atoms with Crippen molar-refractivity contribution in [3.63, 3.8) is 0 Å². The van der Waals surface area contributed by atoms with Crippen LogP contribution in [0, 0.1) is 11.3 Å². The molecule has 0 bridgehead atoms. The number of nitrogens with zero attached hydrogens (tertiary/aromatic N) is 3. The largest absolute Gasteiger partial charge is 0.367 e. The monoisotopic (exact) mass is 316 g/mol. The smallest absolute Gasteiger partial charge is 0.145 e. The Bertz CT molecular complexity index is 606. The first-order chi connectivity index (χ1) is 9.19. The first kappa shape index (κ1) is 13.5. The van der Waals surface area contributed by atoms with Gasteiger partial charge in [-0.05, 0) is 25.0 Å². The lowest BCUT2D eigenvalue weighted by molar-refractivity contribution is 0.781. The molecule has 0 radical (unpaired) electrons. The predicted molar refractivity (Wildman–Crippen MR) is 77.7 cm³/mol. The molecule has 0 saturated heterocycles. The van der Waals surface area contributed by atoms with Gasteiger partial charge in [0.2, 0.25) is 0 Å². The topological polar surface area (TPSA) is 61.6 Å². The molecule has 0 spiro atoms. The standard InChI is InChI=1S/C14H13BrN4/c1-10(6-11-4-2-3-5-13(11)15)19-14-7-12(8-16)17-9-18-14/h2-5,7,9-10H,6H2,1H3,(H,17,18,19). The van der Waals surface area contributed by atoms with E-state index in [0.29, 0.717) is 11.5 Å². The zero-order valence-electron chi connectivity index (χ0n) is 10.5. The van der Waals surface area contributed by atoms with E-state index in [1.54, 1.807) is 6.07 Å². The normalized spacial score (nSPS) is 11.6. The zero-order chi connectivity index (χ0) is 13.7. The molecule has 5 heteroatoms. The fourth-order valence-corrected chi connectivity index (χ4v) is 2.24. The minimum atomic E-state index is 0.208. The first-order valence-corrected chi connectivity index (χ1v) is 6.70. The lowest BCUT2D eigenvalue weighted by Crippen LogP contribution is -2.19. The van der Waals surface area contributed by atoms with Gasteiger partial charge in [-0.1, -0.05) is 34.1 Å². The highest BCUT2D eigenvalue weighted by Gasteiger charge is 2.07. The maximum absolute atomic E-state index is 8.79. The molecule has 1 heterocycles. The van der Waals surface area contributed by atoms with Crippen molar-refractivity contribution in [1.82, 2.24) is 9.97 Å². The van der Waals surface area contributed by atoms with E-state index in [1.807, 2.05) is 24.3 Å². The molecule has 1 unspecified atom stereocenters. The Hall–Kier alpha value is -1.93. The van der Waals surface area contributed by atoms with E-state index in [0.717, 1.165) is 10.9 Å². The van der Waals surface area contributed by atoms with Crippen molar-refractivity contribution in [2.45, 2.75) is 19.4 Å². The third-order valence-electron chi connectivity index (χ3n) is 2.66. The molecule has 0 aliphatic rings. The fraction of sp³-hybridized carbons (Fsp3) is 0.214. The van der Waals surface area contributed by atoms with Gasteiger partial charge in [-0.15, -0.1) is 0 Å². The summed E-state index contributed by atoms with van der Waals surface area (Å²) in [5.74, 6) is 0.672. The van der Waals surface area contributed by atoms with Crippen molar-refractivity contribution < 1.29 is 0 Å². The van der Waals surface area contributed by atoms with Crippen molar-refractivity contribution in [3.05, 3.63) is 52.4 Å². The van der Waals surface area contributed by atoms with Gasteiger partial charge in [0.1, 0.15) is 23.9 Å². The van der Waals surface area contributed by atoms with Crippen LogP contribution in [-0.4, -0.2) is 16.0 Å². The van der Waals surface area contributed by atoms with E-state index in [4.69, 9.17) is 5.26 Å². The van der Waals surface area contributed by atoms with Crippen molar-refractivity contribution in [2.75, 3.05) is 5.32 Å². The van der Waals surface area contributed by atoms with Gasteiger partial charge in [-0.25, -0.2) is 9.97 Å². The molecule has 1 aromatic heterocycles. The van der Waals surface area contributed by atoms with Gasteiger partial charge >= 0.3 is 0 Å². The third kappa shape index (κ3) is 3.76.